The van der Waals surface area contributed by atoms with Crippen LogP contribution in [0.5, 0.6) is 0 Å². The molecule has 10 heteroatoms. The molecule has 5 atom stereocenters. The summed E-state index contributed by atoms with van der Waals surface area (Å²) in [6.45, 7) is 10.5. The first-order valence-electron chi connectivity index (χ1n) is 8.76. The molecule has 0 aromatic carbocycles. The molecular weight excluding hydrogens is 373 g/mol. The smallest absolute Gasteiger partial charge is 0.316 e. The van der Waals surface area contributed by atoms with Gasteiger partial charge in [0.05, 0.1) is 18.2 Å². The van der Waals surface area contributed by atoms with Crippen LogP contribution in [0.1, 0.15) is 27.2 Å². The normalized spacial score (nSPS) is 28.1. The lowest BCUT2D eigenvalue weighted by atomic mass is 10.1. The second-order valence-corrected chi connectivity index (χ2v) is 13.7. The molecule has 1 saturated carbocycles. The second-order valence-electron chi connectivity index (χ2n) is 8.21. The van der Waals surface area contributed by atoms with Crippen molar-refractivity contribution in [2.75, 3.05) is 11.9 Å². The van der Waals surface area contributed by atoms with E-state index in [9.17, 15) is 14.6 Å². The highest BCUT2D eigenvalue weighted by atomic mass is 31.1. The van der Waals surface area contributed by atoms with E-state index in [-0.39, 0.29) is 23.6 Å². The Morgan fingerprint density at radius 2 is 2.08 bits per heavy atom. The van der Waals surface area contributed by atoms with E-state index in [1.165, 1.54) is 6.33 Å². The summed E-state index contributed by atoms with van der Waals surface area (Å²) in [5, 5.41) is 13.0. The van der Waals surface area contributed by atoms with E-state index in [1.807, 2.05) is 0 Å². The lowest BCUT2D eigenvalue weighted by Crippen LogP contribution is -2.50. The average molecular weight is 403 g/mol. The van der Waals surface area contributed by atoms with Crippen LogP contribution in [0.15, 0.2) is 18.6 Å². The van der Waals surface area contributed by atoms with E-state index in [4.69, 9.17) is 8.95 Å². The van der Waals surface area contributed by atoms with Crippen LogP contribution in [-0.4, -0.2) is 53.1 Å². The molecule has 1 aromatic rings. The molecule has 1 unspecified atom stereocenters. The highest BCUT2D eigenvalue weighted by molar-refractivity contribution is 7.32. The van der Waals surface area contributed by atoms with Crippen molar-refractivity contribution < 1.29 is 23.5 Å². The van der Waals surface area contributed by atoms with Crippen LogP contribution >= 0.6 is 8.25 Å². The minimum atomic E-state index is -3.16. The Kier molecular flexibility index (Phi) is 6.98. The largest absolute Gasteiger partial charge is 0.409 e. The van der Waals surface area contributed by atoms with Crippen LogP contribution in [0.4, 0.5) is 5.82 Å². The van der Waals surface area contributed by atoms with E-state index in [0.29, 0.717) is 12.2 Å². The van der Waals surface area contributed by atoms with Crippen molar-refractivity contribution in [2.24, 2.45) is 5.92 Å². The van der Waals surface area contributed by atoms with Gasteiger partial charge in [-0.1, -0.05) is 20.8 Å². The molecule has 0 bridgehead atoms. The quantitative estimate of drug-likeness (QED) is 0.470. The van der Waals surface area contributed by atoms with Gasteiger partial charge in [0.2, 0.25) is 0 Å². The number of rotatable bonds is 7. The minimum absolute atomic E-state index is 0.0290. The summed E-state index contributed by atoms with van der Waals surface area (Å²) in [5.74, 6) is 0.355. The molecule has 1 heterocycles. The van der Waals surface area contributed by atoms with Gasteiger partial charge in [0.15, 0.2) is 8.32 Å². The van der Waals surface area contributed by atoms with Crippen molar-refractivity contribution in [2.45, 2.75) is 63.6 Å². The number of aromatic nitrogens is 2. The maximum absolute atomic E-state index is 11.4. The summed E-state index contributed by atoms with van der Waals surface area (Å²) in [6, 6.07) is 1.56. The van der Waals surface area contributed by atoms with Crippen LogP contribution in [0.3, 0.4) is 0 Å². The molecule has 0 amide bonds. The van der Waals surface area contributed by atoms with Crippen LogP contribution < -0.4 is 5.32 Å². The van der Waals surface area contributed by atoms with Crippen LogP contribution in [-0.2, 0) is 13.5 Å². The molecule has 0 spiro atoms. The Balaban J connectivity index is 2.30. The average Bonchev–Trinajstić information content (AvgIpc) is 2.83. The van der Waals surface area contributed by atoms with Gasteiger partial charge in [0.1, 0.15) is 12.1 Å². The summed E-state index contributed by atoms with van der Waals surface area (Å²) < 4.78 is 23.3. The number of aliphatic hydroxyl groups is 1. The fraction of sp³-hybridized carbons (Fsp3) is 0.750. The SMILES string of the molecule is CC(C)(C)[Si](C)(C)O[C@@H]1[C@H](O[PH](=O)O)[C@@H](CO)C[C@H]1Nc1ccncn1. The number of aliphatic hydroxyl groups excluding tert-OH is 1. The molecule has 1 aliphatic rings. The Morgan fingerprint density at radius 3 is 2.58 bits per heavy atom. The lowest BCUT2D eigenvalue weighted by molar-refractivity contribution is 0.0258. The molecular formula is C16H30N3O5PSi. The van der Waals surface area contributed by atoms with Crippen molar-refractivity contribution in [3.63, 3.8) is 0 Å². The molecule has 1 fully saturated rings. The Hall–Kier alpha value is -0.833. The molecule has 1 aromatic heterocycles. The Labute approximate surface area is 156 Å². The first kappa shape index (κ1) is 21.5. The summed E-state index contributed by atoms with van der Waals surface area (Å²) in [4.78, 5) is 17.4. The standard InChI is InChI=1S/C16H30N3O5PSi/c1-16(2,3)26(4,5)24-15-12(19-13-6-7-17-10-18-13)8-11(9-20)14(15)23-25(21)22/h6-7,10-12,14-15,20,25H,8-9H2,1-5H3,(H,21,22)(H,17,18,19)/t11-,12-,14-,15+/m1/s1. The maximum Gasteiger partial charge on any atom is 0.316 e. The third kappa shape index (κ3) is 5.12. The van der Waals surface area contributed by atoms with Gasteiger partial charge in [-0.2, -0.15) is 0 Å². The zero-order valence-corrected chi connectivity index (χ0v) is 18.0. The van der Waals surface area contributed by atoms with Gasteiger partial charge < -0.3 is 24.3 Å². The number of nitrogens with zero attached hydrogens (tertiary/aromatic N) is 2. The summed E-state index contributed by atoms with van der Waals surface area (Å²) in [6.07, 6.45) is 2.54. The first-order valence-corrected chi connectivity index (χ1v) is 12.9. The summed E-state index contributed by atoms with van der Waals surface area (Å²) >= 11 is 0. The van der Waals surface area contributed by atoms with E-state index in [2.05, 4.69) is 49.1 Å². The van der Waals surface area contributed by atoms with Gasteiger partial charge in [-0.15, -0.1) is 0 Å². The van der Waals surface area contributed by atoms with Gasteiger partial charge >= 0.3 is 8.25 Å². The lowest BCUT2D eigenvalue weighted by Gasteiger charge is -2.41. The third-order valence-corrected chi connectivity index (χ3v) is 10.3. The third-order valence-electron chi connectivity index (χ3n) is 5.37. The zero-order chi connectivity index (χ0) is 19.5. The Morgan fingerprint density at radius 1 is 1.38 bits per heavy atom. The van der Waals surface area contributed by atoms with Crippen LogP contribution in [0.25, 0.3) is 0 Å². The van der Waals surface area contributed by atoms with Gasteiger partial charge in [0, 0.05) is 18.7 Å². The number of hydrogen-bond acceptors (Lipinski definition) is 7. The molecule has 2 rings (SSSR count). The highest BCUT2D eigenvalue weighted by Gasteiger charge is 2.50. The molecule has 8 nitrogen and oxygen atoms in total. The van der Waals surface area contributed by atoms with E-state index in [1.54, 1.807) is 12.3 Å². The monoisotopic (exact) mass is 403 g/mol. The topological polar surface area (TPSA) is 114 Å². The maximum atomic E-state index is 11.4. The summed E-state index contributed by atoms with van der Waals surface area (Å²) in [7, 11) is -5.33. The van der Waals surface area contributed by atoms with Crippen molar-refractivity contribution in [3.8, 4) is 0 Å². The predicted octanol–water partition coefficient (Wildman–Crippen LogP) is 2.43. The van der Waals surface area contributed by atoms with E-state index < -0.39 is 28.8 Å². The molecule has 0 saturated heterocycles. The first-order chi connectivity index (χ1) is 12.0. The number of hydrogen-bond donors (Lipinski definition) is 3. The van der Waals surface area contributed by atoms with Crippen LogP contribution in [0, 0.1) is 5.92 Å². The van der Waals surface area contributed by atoms with Crippen LogP contribution in [0.2, 0.25) is 18.1 Å². The number of anilines is 1. The number of nitrogens with one attached hydrogen (secondary N) is 1. The van der Waals surface area contributed by atoms with E-state index in [0.717, 1.165) is 0 Å². The van der Waals surface area contributed by atoms with Gasteiger partial charge in [-0.25, -0.2) is 9.97 Å². The second kappa shape index (κ2) is 8.46. The van der Waals surface area contributed by atoms with Gasteiger partial charge in [0.25, 0.3) is 0 Å². The molecule has 0 radical (unpaired) electrons. The fourth-order valence-corrected chi connectivity index (χ4v) is 4.81. The predicted molar refractivity (Wildman–Crippen MR) is 103 cm³/mol. The van der Waals surface area contributed by atoms with Crippen molar-refractivity contribution in [1.29, 1.82) is 0 Å². The molecule has 3 N–H and O–H groups in total. The van der Waals surface area contributed by atoms with Gasteiger partial charge in [-0.05, 0) is 30.6 Å². The summed E-state index contributed by atoms with van der Waals surface area (Å²) in [5.41, 5.74) is 0. The molecule has 26 heavy (non-hydrogen) atoms. The van der Waals surface area contributed by atoms with Gasteiger partial charge in [-0.3, -0.25) is 4.57 Å². The highest BCUT2D eigenvalue weighted by Crippen LogP contribution is 2.43. The minimum Gasteiger partial charge on any atom is -0.409 e. The molecule has 148 valence electrons. The van der Waals surface area contributed by atoms with E-state index >= 15 is 0 Å². The fourth-order valence-electron chi connectivity index (χ4n) is 2.92. The zero-order valence-electron chi connectivity index (χ0n) is 16.0. The Bertz CT molecular complexity index is 614. The van der Waals surface area contributed by atoms with Crippen molar-refractivity contribution in [1.82, 2.24) is 9.97 Å². The molecule has 0 aliphatic heterocycles. The molecule has 1 aliphatic carbocycles. The van der Waals surface area contributed by atoms with Crippen molar-refractivity contribution in [3.05, 3.63) is 18.6 Å². The van der Waals surface area contributed by atoms with Crippen molar-refractivity contribution >= 4 is 22.4 Å².